The van der Waals surface area contributed by atoms with E-state index in [2.05, 4.69) is 37.0 Å². The molecule has 5 heteroatoms. The van der Waals surface area contributed by atoms with Crippen LogP contribution in [-0.2, 0) is 11.2 Å². The van der Waals surface area contributed by atoms with Crippen molar-refractivity contribution >= 4 is 11.3 Å². The molecule has 1 atom stereocenters. The van der Waals surface area contributed by atoms with Crippen LogP contribution in [0.3, 0.4) is 0 Å². The smallest absolute Gasteiger partial charge is 0.129 e. The minimum absolute atomic E-state index is 0.155. The first kappa shape index (κ1) is 17.9. The van der Waals surface area contributed by atoms with Gasteiger partial charge in [0.05, 0.1) is 12.2 Å². The lowest BCUT2D eigenvalue weighted by atomic mass is 9.96. The van der Waals surface area contributed by atoms with Crippen molar-refractivity contribution in [3.05, 3.63) is 35.3 Å². The summed E-state index contributed by atoms with van der Waals surface area (Å²) in [6.45, 7) is 5.63. The van der Waals surface area contributed by atoms with Gasteiger partial charge in [-0.2, -0.15) is 0 Å². The molecule has 1 heterocycles. The van der Waals surface area contributed by atoms with E-state index in [-0.39, 0.29) is 6.04 Å². The fraction of sp³-hybridized carbons (Fsp3) is 0.500. The fourth-order valence-electron chi connectivity index (χ4n) is 2.24. The second kappa shape index (κ2) is 9.01. The van der Waals surface area contributed by atoms with E-state index in [1.807, 2.05) is 11.6 Å². The first-order valence-electron chi connectivity index (χ1n) is 8.02. The van der Waals surface area contributed by atoms with Gasteiger partial charge in [0.1, 0.15) is 10.8 Å². The Morgan fingerprint density at radius 3 is 2.74 bits per heavy atom. The Balaban J connectivity index is 2.18. The highest BCUT2D eigenvalue weighted by Gasteiger charge is 2.13. The van der Waals surface area contributed by atoms with E-state index < -0.39 is 0 Å². The molecule has 2 rings (SSSR count). The molecule has 1 aromatic heterocycles. The van der Waals surface area contributed by atoms with Crippen molar-refractivity contribution in [3.63, 3.8) is 0 Å². The zero-order valence-corrected chi connectivity index (χ0v) is 14.9. The molecule has 0 saturated carbocycles. The van der Waals surface area contributed by atoms with Crippen LogP contribution in [0.1, 0.15) is 25.8 Å². The second-order valence-corrected chi connectivity index (χ2v) is 6.87. The number of benzene rings is 1. The molecule has 23 heavy (non-hydrogen) atoms. The number of nitrogens with zero attached hydrogens (tertiary/aromatic N) is 1. The maximum atomic E-state index is 6.20. The number of thiazole rings is 1. The summed E-state index contributed by atoms with van der Waals surface area (Å²) in [4.78, 5) is 4.40. The average Bonchev–Trinajstić information content (AvgIpc) is 3.06. The Labute approximate surface area is 142 Å². The number of nitrogens with two attached hydrogens (primary N) is 1. The molecule has 0 radical (unpaired) electrons. The van der Waals surface area contributed by atoms with E-state index in [0.29, 0.717) is 19.1 Å². The number of methoxy groups -OCH3 is 1. The van der Waals surface area contributed by atoms with Crippen LogP contribution in [0.15, 0.2) is 29.8 Å². The van der Waals surface area contributed by atoms with Gasteiger partial charge in [-0.05, 0) is 30.0 Å². The van der Waals surface area contributed by atoms with Crippen molar-refractivity contribution in [1.29, 1.82) is 0 Å². The number of aromatic nitrogens is 1. The molecule has 0 aliphatic carbocycles. The second-order valence-electron chi connectivity index (χ2n) is 5.97. The first-order chi connectivity index (χ1) is 11.1. The van der Waals surface area contributed by atoms with Gasteiger partial charge in [0.25, 0.3) is 0 Å². The predicted molar refractivity (Wildman–Crippen MR) is 96.1 cm³/mol. The number of hydrogen-bond donors (Lipinski definition) is 1. The standard InChI is InChI=1S/C18H26N2O2S/c1-13(2)16(19)11-14-5-6-15(18-20-7-10-23-18)17(12-14)22-9-4-8-21-3/h5-7,10,12-13,16H,4,8-9,11,19H2,1-3H3. The number of rotatable bonds is 9. The summed E-state index contributed by atoms with van der Waals surface area (Å²) in [7, 11) is 1.70. The molecule has 4 nitrogen and oxygen atoms in total. The van der Waals surface area contributed by atoms with Gasteiger partial charge in [-0.25, -0.2) is 4.98 Å². The average molecular weight is 334 g/mol. The highest BCUT2D eigenvalue weighted by Crippen LogP contribution is 2.33. The summed E-state index contributed by atoms with van der Waals surface area (Å²) in [5, 5.41) is 2.96. The first-order valence-corrected chi connectivity index (χ1v) is 8.90. The maximum absolute atomic E-state index is 6.20. The minimum atomic E-state index is 0.155. The molecule has 0 amide bonds. The molecular weight excluding hydrogens is 308 g/mol. The van der Waals surface area contributed by atoms with E-state index in [0.717, 1.165) is 29.2 Å². The molecular formula is C18H26N2O2S. The van der Waals surface area contributed by atoms with Crippen LogP contribution in [0.2, 0.25) is 0 Å². The van der Waals surface area contributed by atoms with Crippen LogP contribution in [0.25, 0.3) is 10.6 Å². The largest absolute Gasteiger partial charge is 0.493 e. The molecule has 0 fully saturated rings. The van der Waals surface area contributed by atoms with Gasteiger partial charge >= 0.3 is 0 Å². The summed E-state index contributed by atoms with van der Waals surface area (Å²) >= 11 is 1.62. The van der Waals surface area contributed by atoms with Crippen molar-refractivity contribution in [2.24, 2.45) is 11.7 Å². The van der Waals surface area contributed by atoms with E-state index in [1.165, 1.54) is 5.56 Å². The predicted octanol–water partition coefficient (Wildman–Crippen LogP) is 3.75. The number of hydrogen-bond acceptors (Lipinski definition) is 5. The minimum Gasteiger partial charge on any atom is -0.493 e. The molecule has 0 saturated heterocycles. The quantitative estimate of drug-likeness (QED) is 0.710. The van der Waals surface area contributed by atoms with Crippen molar-refractivity contribution < 1.29 is 9.47 Å². The van der Waals surface area contributed by atoms with Crippen LogP contribution in [0.4, 0.5) is 0 Å². The zero-order chi connectivity index (χ0) is 16.7. The van der Waals surface area contributed by atoms with Crippen LogP contribution in [0.5, 0.6) is 5.75 Å². The van der Waals surface area contributed by atoms with Crippen molar-refractivity contribution in [2.45, 2.75) is 32.7 Å². The van der Waals surface area contributed by atoms with Crippen LogP contribution < -0.4 is 10.5 Å². The lowest BCUT2D eigenvalue weighted by Crippen LogP contribution is -2.28. The van der Waals surface area contributed by atoms with Crippen LogP contribution >= 0.6 is 11.3 Å². The summed E-state index contributed by atoms with van der Waals surface area (Å²) in [5.41, 5.74) is 8.45. The molecule has 1 unspecified atom stereocenters. The van der Waals surface area contributed by atoms with Crippen LogP contribution in [-0.4, -0.2) is 31.3 Å². The molecule has 0 spiro atoms. The Bertz CT molecular complexity index is 585. The Morgan fingerprint density at radius 1 is 1.26 bits per heavy atom. The molecule has 126 valence electrons. The monoisotopic (exact) mass is 334 g/mol. The lowest BCUT2D eigenvalue weighted by molar-refractivity contribution is 0.172. The summed E-state index contributed by atoms with van der Waals surface area (Å²) in [6, 6.07) is 6.47. The highest BCUT2D eigenvalue weighted by molar-refractivity contribution is 7.13. The summed E-state index contributed by atoms with van der Waals surface area (Å²) < 4.78 is 11.1. The van der Waals surface area contributed by atoms with Gasteiger partial charge in [0, 0.05) is 37.8 Å². The number of ether oxygens (including phenoxy) is 2. The summed E-state index contributed by atoms with van der Waals surface area (Å²) in [6.07, 6.45) is 3.53. The van der Waals surface area contributed by atoms with E-state index in [9.17, 15) is 0 Å². The normalized spacial score (nSPS) is 12.6. The molecule has 0 aliphatic heterocycles. The lowest BCUT2D eigenvalue weighted by Gasteiger charge is -2.17. The third kappa shape index (κ3) is 5.30. The van der Waals surface area contributed by atoms with Crippen molar-refractivity contribution in [1.82, 2.24) is 4.98 Å². The SMILES string of the molecule is COCCCOc1cc(CC(N)C(C)C)ccc1-c1nccs1. The summed E-state index contributed by atoms with van der Waals surface area (Å²) in [5.74, 6) is 1.34. The van der Waals surface area contributed by atoms with Gasteiger partial charge < -0.3 is 15.2 Å². The molecule has 2 N–H and O–H groups in total. The van der Waals surface area contributed by atoms with Crippen molar-refractivity contribution in [2.75, 3.05) is 20.3 Å². The fourth-order valence-corrected chi connectivity index (χ4v) is 2.91. The Hall–Kier alpha value is -1.43. The van der Waals surface area contributed by atoms with Crippen molar-refractivity contribution in [3.8, 4) is 16.3 Å². The third-order valence-electron chi connectivity index (χ3n) is 3.79. The Morgan fingerprint density at radius 2 is 2.09 bits per heavy atom. The topological polar surface area (TPSA) is 57.4 Å². The van der Waals surface area contributed by atoms with E-state index in [1.54, 1.807) is 18.4 Å². The maximum Gasteiger partial charge on any atom is 0.129 e. The van der Waals surface area contributed by atoms with Gasteiger partial charge in [0.15, 0.2) is 0 Å². The molecule has 2 aromatic rings. The third-order valence-corrected chi connectivity index (χ3v) is 4.59. The highest BCUT2D eigenvalue weighted by atomic mass is 32.1. The van der Waals surface area contributed by atoms with Crippen LogP contribution in [0, 0.1) is 5.92 Å². The van der Waals surface area contributed by atoms with Gasteiger partial charge in [0.2, 0.25) is 0 Å². The van der Waals surface area contributed by atoms with E-state index in [4.69, 9.17) is 15.2 Å². The van der Waals surface area contributed by atoms with Gasteiger partial charge in [-0.3, -0.25) is 0 Å². The Kier molecular flexibility index (Phi) is 7.02. The van der Waals surface area contributed by atoms with Gasteiger partial charge in [-0.1, -0.05) is 19.9 Å². The molecule has 1 aromatic carbocycles. The molecule has 0 aliphatic rings. The van der Waals surface area contributed by atoms with E-state index >= 15 is 0 Å². The molecule has 0 bridgehead atoms. The zero-order valence-electron chi connectivity index (χ0n) is 14.1. The van der Waals surface area contributed by atoms with Gasteiger partial charge in [-0.15, -0.1) is 11.3 Å².